The van der Waals surface area contributed by atoms with Gasteiger partial charge in [-0.05, 0) is 41.0 Å². The van der Waals surface area contributed by atoms with Crippen LogP contribution in [0.1, 0.15) is 41.0 Å². The molecule has 0 rings (SSSR count). The molecule has 0 spiro atoms. The number of allylic oxidation sites excluding steroid dienone is 1. The van der Waals surface area contributed by atoms with Gasteiger partial charge in [-0.1, -0.05) is 6.08 Å². The number of carbonyl (C=O) groups excluding carboxylic acids is 2. The molecule has 0 aliphatic heterocycles. The van der Waals surface area contributed by atoms with Crippen molar-refractivity contribution in [1.29, 1.82) is 0 Å². The summed E-state index contributed by atoms with van der Waals surface area (Å²) >= 11 is 0. The highest BCUT2D eigenvalue weighted by Crippen LogP contribution is 2.25. The van der Waals surface area contributed by atoms with Crippen LogP contribution < -0.4 is 0 Å². The quantitative estimate of drug-likeness (QED) is 0.565. The SMILES string of the molecule is C=CC[C@@H](C(=O)OC(C)C)[C@](C)(O)C(=O)OC(C)C. The van der Waals surface area contributed by atoms with E-state index in [2.05, 4.69) is 6.58 Å². The molecule has 0 aromatic carbocycles. The zero-order valence-corrected chi connectivity index (χ0v) is 12.3. The smallest absolute Gasteiger partial charge is 0.339 e. The lowest BCUT2D eigenvalue weighted by Gasteiger charge is -2.29. The number of hydrogen-bond acceptors (Lipinski definition) is 5. The first-order valence-corrected chi connectivity index (χ1v) is 6.37. The third kappa shape index (κ3) is 5.42. The lowest BCUT2D eigenvalue weighted by atomic mass is 9.86. The molecular weight excluding hydrogens is 248 g/mol. The van der Waals surface area contributed by atoms with Crippen molar-refractivity contribution in [2.45, 2.75) is 58.8 Å². The second-order valence-corrected chi connectivity index (χ2v) is 5.16. The first kappa shape index (κ1) is 17.6. The molecule has 0 radical (unpaired) electrons. The van der Waals surface area contributed by atoms with E-state index in [9.17, 15) is 14.7 Å². The number of hydrogen-bond donors (Lipinski definition) is 1. The lowest BCUT2D eigenvalue weighted by Crippen LogP contribution is -2.49. The van der Waals surface area contributed by atoms with Crippen molar-refractivity contribution in [3.05, 3.63) is 12.7 Å². The molecule has 0 heterocycles. The predicted octanol–water partition coefficient (Wildman–Crippen LogP) is 1.83. The Morgan fingerprint density at radius 1 is 1.21 bits per heavy atom. The minimum Gasteiger partial charge on any atom is -0.463 e. The zero-order chi connectivity index (χ0) is 15.2. The molecule has 1 N–H and O–H groups in total. The van der Waals surface area contributed by atoms with Gasteiger partial charge in [0, 0.05) is 0 Å². The van der Waals surface area contributed by atoms with E-state index in [1.807, 2.05) is 0 Å². The van der Waals surface area contributed by atoms with Crippen molar-refractivity contribution in [1.82, 2.24) is 0 Å². The second kappa shape index (κ2) is 7.28. The van der Waals surface area contributed by atoms with Gasteiger partial charge in [0.1, 0.15) is 0 Å². The molecule has 0 aliphatic carbocycles. The van der Waals surface area contributed by atoms with Crippen LogP contribution in [0.5, 0.6) is 0 Å². The van der Waals surface area contributed by atoms with E-state index in [-0.39, 0.29) is 18.6 Å². The summed E-state index contributed by atoms with van der Waals surface area (Å²) in [6, 6.07) is 0. The van der Waals surface area contributed by atoms with Crippen molar-refractivity contribution in [3.63, 3.8) is 0 Å². The van der Waals surface area contributed by atoms with E-state index < -0.39 is 23.5 Å². The van der Waals surface area contributed by atoms with Gasteiger partial charge in [0.05, 0.1) is 18.1 Å². The Bertz CT molecular complexity index is 331. The minimum absolute atomic E-state index is 0.131. The Morgan fingerprint density at radius 2 is 1.68 bits per heavy atom. The molecule has 110 valence electrons. The molecule has 0 saturated heterocycles. The van der Waals surface area contributed by atoms with Crippen LogP contribution in [0, 0.1) is 5.92 Å². The summed E-state index contributed by atoms with van der Waals surface area (Å²) in [5, 5.41) is 10.3. The Labute approximate surface area is 114 Å². The van der Waals surface area contributed by atoms with E-state index in [4.69, 9.17) is 9.47 Å². The summed E-state index contributed by atoms with van der Waals surface area (Å²) < 4.78 is 10.0. The third-order valence-corrected chi connectivity index (χ3v) is 2.47. The lowest BCUT2D eigenvalue weighted by molar-refractivity contribution is -0.183. The Hall–Kier alpha value is -1.36. The third-order valence-electron chi connectivity index (χ3n) is 2.47. The molecule has 0 fully saturated rings. The second-order valence-electron chi connectivity index (χ2n) is 5.16. The van der Waals surface area contributed by atoms with Gasteiger partial charge in [0.2, 0.25) is 0 Å². The fraction of sp³-hybridized carbons (Fsp3) is 0.714. The largest absolute Gasteiger partial charge is 0.463 e. The summed E-state index contributed by atoms with van der Waals surface area (Å²) in [5.41, 5.74) is -1.94. The van der Waals surface area contributed by atoms with E-state index in [0.29, 0.717) is 0 Å². The van der Waals surface area contributed by atoms with Gasteiger partial charge in [-0.3, -0.25) is 4.79 Å². The van der Waals surface area contributed by atoms with Gasteiger partial charge >= 0.3 is 11.9 Å². The van der Waals surface area contributed by atoms with Gasteiger partial charge in [0.25, 0.3) is 0 Å². The molecule has 0 amide bonds. The fourth-order valence-corrected chi connectivity index (χ4v) is 1.51. The molecule has 0 aliphatic rings. The molecule has 0 aromatic rings. The van der Waals surface area contributed by atoms with Gasteiger partial charge in [-0.2, -0.15) is 0 Å². The number of ether oxygens (including phenoxy) is 2. The van der Waals surface area contributed by atoms with Crippen LogP contribution in [-0.2, 0) is 19.1 Å². The average molecular weight is 272 g/mol. The Kier molecular flexibility index (Phi) is 6.76. The van der Waals surface area contributed by atoms with Crippen molar-refractivity contribution >= 4 is 11.9 Å². The minimum atomic E-state index is -1.94. The topological polar surface area (TPSA) is 72.8 Å². The molecule has 19 heavy (non-hydrogen) atoms. The van der Waals surface area contributed by atoms with Crippen LogP contribution in [0.2, 0.25) is 0 Å². The predicted molar refractivity (Wildman–Crippen MR) is 71.4 cm³/mol. The molecule has 0 aromatic heterocycles. The van der Waals surface area contributed by atoms with E-state index in [1.54, 1.807) is 27.7 Å². The van der Waals surface area contributed by atoms with Crippen LogP contribution in [0.15, 0.2) is 12.7 Å². The molecule has 5 nitrogen and oxygen atoms in total. The number of rotatable bonds is 7. The number of esters is 2. The molecule has 0 unspecified atom stereocenters. The van der Waals surface area contributed by atoms with Crippen LogP contribution in [0.3, 0.4) is 0 Å². The van der Waals surface area contributed by atoms with E-state index in [1.165, 1.54) is 13.0 Å². The normalized spacial score (nSPS) is 15.8. The standard InChI is InChI=1S/C14H24O5/c1-7-8-11(12(15)18-9(2)3)14(6,17)13(16)19-10(4)5/h7,9-11,17H,1,8H2,2-6H3/t11-,14-/m0/s1. The van der Waals surface area contributed by atoms with Gasteiger partial charge in [0.15, 0.2) is 5.60 Å². The summed E-state index contributed by atoms with van der Waals surface area (Å²) in [7, 11) is 0. The van der Waals surface area contributed by atoms with Crippen molar-refractivity contribution < 1.29 is 24.2 Å². The number of aliphatic hydroxyl groups is 1. The van der Waals surface area contributed by atoms with Crippen LogP contribution in [-0.4, -0.2) is 34.9 Å². The van der Waals surface area contributed by atoms with Gasteiger partial charge in [-0.25, -0.2) is 4.79 Å². The van der Waals surface area contributed by atoms with Gasteiger partial charge in [-0.15, -0.1) is 6.58 Å². The first-order chi connectivity index (χ1) is 8.62. The Morgan fingerprint density at radius 3 is 2.05 bits per heavy atom. The monoisotopic (exact) mass is 272 g/mol. The maximum Gasteiger partial charge on any atom is 0.339 e. The van der Waals surface area contributed by atoms with E-state index in [0.717, 1.165) is 0 Å². The highest BCUT2D eigenvalue weighted by Gasteiger charge is 2.45. The summed E-state index contributed by atoms with van der Waals surface area (Å²) in [4.78, 5) is 23.8. The molecule has 5 heteroatoms. The fourth-order valence-electron chi connectivity index (χ4n) is 1.51. The molecule has 2 atom stereocenters. The number of carbonyl (C=O) groups is 2. The molecule has 0 bridgehead atoms. The van der Waals surface area contributed by atoms with Crippen LogP contribution >= 0.6 is 0 Å². The van der Waals surface area contributed by atoms with Crippen molar-refractivity contribution in [3.8, 4) is 0 Å². The summed E-state index contributed by atoms with van der Waals surface area (Å²) in [6.45, 7) is 11.5. The molecular formula is C14H24O5. The highest BCUT2D eigenvalue weighted by atomic mass is 16.6. The average Bonchev–Trinajstić information content (AvgIpc) is 2.23. The highest BCUT2D eigenvalue weighted by molar-refractivity contribution is 5.87. The maximum absolute atomic E-state index is 11.9. The maximum atomic E-state index is 11.9. The summed E-state index contributed by atoms with van der Waals surface area (Å²) in [6.07, 6.45) is 0.899. The Balaban J connectivity index is 5.07. The van der Waals surface area contributed by atoms with Crippen LogP contribution in [0.4, 0.5) is 0 Å². The summed E-state index contributed by atoms with van der Waals surface area (Å²) in [5.74, 6) is -2.51. The van der Waals surface area contributed by atoms with Crippen molar-refractivity contribution in [2.75, 3.05) is 0 Å². The van der Waals surface area contributed by atoms with Crippen LogP contribution in [0.25, 0.3) is 0 Å². The molecule has 0 saturated carbocycles. The van der Waals surface area contributed by atoms with Gasteiger partial charge < -0.3 is 14.6 Å². The van der Waals surface area contributed by atoms with E-state index >= 15 is 0 Å². The zero-order valence-electron chi connectivity index (χ0n) is 12.3. The van der Waals surface area contributed by atoms with Crippen molar-refractivity contribution in [2.24, 2.45) is 5.92 Å². The first-order valence-electron chi connectivity index (χ1n) is 6.37.